The number of ether oxygens (including phenoxy) is 4. The van der Waals surface area contributed by atoms with E-state index >= 15 is 0 Å². The van der Waals surface area contributed by atoms with Gasteiger partial charge in [-0.15, -0.1) is 0 Å². The number of methoxy groups -OCH3 is 2. The minimum absolute atomic E-state index is 0.0224. The average molecular weight is 800 g/mol. The maximum absolute atomic E-state index is 13.7. The van der Waals surface area contributed by atoms with Crippen LogP contribution in [0.25, 0.3) is 0 Å². The van der Waals surface area contributed by atoms with E-state index in [0.717, 1.165) is 5.56 Å². The molecule has 2 heterocycles. The topological polar surface area (TPSA) is 291 Å². The number of nitrogens with two attached hydrogens (primary N) is 1. The smallest absolute Gasteiger partial charge is 0.475 e. The number of carbonyl (C=O) groups is 6. The van der Waals surface area contributed by atoms with Gasteiger partial charge in [0.15, 0.2) is 11.6 Å². The molecule has 0 bridgehead atoms. The van der Waals surface area contributed by atoms with Crippen LogP contribution in [-0.2, 0) is 44.5 Å². The maximum Gasteiger partial charge on any atom is 0.490 e. The van der Waals surface area contributed by atoms with Crippen LogP contribution in [0, 0.1) is 0 Å². The number of hydrogen-bond acceptors (Lipinski definition) is 13. The first kappa shape index (κ1) is 46.2. The third-order valence-electron chi connectivity index (χ3n) is 7.09. The Morgan fingerprint density at radius 3 is 2.05 bits per heavy atom. The Bertz CT molecular complexity index is 1710. The van der Waals surface area contributed by atoms with Crippen LogP contribution in [0.4, 0.5) is 24.8 Å². The van der Waals surface area contributed by atoms with Crippen LogP contribution in [0.2, 0.25) is 0 Å². The van der Waals surface area contributed by atoms with Crippen molar-refractivity contribution in [3.05, 3.63) is 59.4 Å². The standard InChI is InChI=1S/C31H43N9O9.C2HF3O2/c1-46-12-13-48-14-15-49-19-27(41)35-25-17-23(37-39-25)30(44)34-22(16-20-8-4-3-5-9-20)29(43)33-21(10-6-7-11-32)28(42)36-26-18-24(38-40-26)31(45)47-2;3-2(4,5)1(6)7/h3-5,8-9,17-18,21-22H,6-7,10-16,19,32H2,1-2H3,(H,33,43)(H,34,44)(H2,35,37,39,41)(H2,36,38,40,42);(H,6,7)/t21-,22-;/m0./s1. The molecule has 2 aromatic heterocycles. The normalized spacial score (nSPS) is 12.0. The zero-order chi connectivity index (χ0) is 41.5. The van der Waals surface area contributed by atoms with Gasteiger partial charge >= 0.3 is 18.1 Å². The monoisotopic (exact) mass is 799 g/mol. The molecule has 3 aromatic rings. The van der Waals surface area contributed by atoms with Crippen LogP contribution in [0.5, 0.6) is 0 Å². The maximum atomic E-state index is 13.7. The van der Waals surface area contributed by atoms with E-state index in [1.807, 2.05) is 6.07 Å². The minimum Gasteiger partial charge on any atom is -0.475 e. The van der Waals surface area contributed by atoms with E-state index < -0.39 is 53.8 Å². The number of aliphatic carboxylic acids is 1. The number of carbonyl (C=O) groups excluding carboxylic acids is 5. The fraction of sp³-hybridized carbons (Fsp3) is 0.455. The summed E-state index contributed by atoms with van der Waals surface area (Å²) in [6, 6.07) is 9.48. The Morgan fingerprint density at radius 1 is 0.821 bits per heavy atom. The van der Waals surface area contributed by atoms with Gasteiger partial charge in [-0.1, -0.05) is 30.3 Å². The molecule has 23 heteroatoms. The van der Waals surface area contributed by atoms with Crippen molar-refractivity contribution >= 4 is 47.2 Å². The van der Waals surface area contributed by atoms with Crippen LogP contribution in [0.15, 0.2) is 42.5 Å². The lowest BCUT2D eigenvalue weighted by molar-refractivity contribution is -0.192. The van der Waals surface area contributed by atoms with Crippen molar-refractivity contribution in [3.8, 4) is 0 Å². The van der Waals surface area contributed by atoms with E-state index in [2.05, 4.69) is 46.4 Å². The van der Waals surface area contributed by atoms with Gasteiger partial charge in [-0.05, 0) is 31.4 Å². The van der Waals surface area contributed by atoms with E-state index in [1.165, 1.54) is 19.2 Å². The summed E-state index contributed by atoms with van der Waals surface area (Å²) >= 11 is 0. The lowest BCUT2D eigenvalue weighted by Gasteiger charge is -2.23. The summed E-state index contributed by atoms with van der Waals surface area (Å²) in [7, 11) is 2.77. The highest BCUT2D eigenvalue weighted by atomic mass is 19.4. The number of nitrogens with zero attached hydrogens (tertiary/aromatic N) is 2. The van der Waals surface area contributed by atoms with Crippen LogP contribution in [-0.4, -0.2) is 133 Å². The SMILES string of the molecule is COCCOCCOCC(=O)Nc1cc(C(=O)N[C@@H](Cc2ccccc2)C(=O)N[C@@H](CCCCN)C(=O)Nc2cc(C(=O)OC)[nH]n2)[nH]n1.O=C(O)C(F)(F)F. The van der Waals surface area contributed by atoms with Crippen LogP contribution in [0.3, 0.4) is 0 Å². The number of esters is 1. The van der Waals surface area contributed by atoms with Gasteiger partial charge in [0.1, 0.15) is 30.1 Å². The second-order valence-corrected chi connectivity index (χ2v) is 11.4. The van der Waals surface area contributed by atoms with E-state index in [9.17, 15) is 37.1 Å². The van der Waals surface area contributed by atoms with Gasteiger partial charge in [0.05, 0.1) is 33.5 Å². The number of halogens is 3. The fourth-order valence-electron chi connectivity index (χ4n) is 4.35. The first-order chi connectivity index (χ1) is 26.7. The number of hydrogen-bond donors (Lipinski definition) is 8. The lowest BCUT2D eigenvalue weighted by Crippen LogP contribution is -2.53. The number of H-pyrrole nitrogens is 2. The second-order valence-electron chi connectivity index (χ2n) is 11.4. The van der Waals surface area contributed by atoms with Crippen molar-refractivity contribution < 1.29 is 66.0 Å². The molecule has 0 saturated carbocycles. The summed E-state index contributed by atoms with van der Waals surface area (Å²) in [5.74, 6) is -5.68. The van der Waals surface area contributed by atoms with E-state index in [1.54, 1.807) is 31.4 Å². The zero-order valence-electron chi connectivity index (χ0n) is 30.4. The Balaban J connectivity index is 0.00000141. The molecule has 0 aliphatic rings. The van der Waals surface area contributed by atoms with Gasteiger partial charge in [-0.3, -0.25) is 29.4 Å². The van der Waals surface area contributed by atoms with E-state index in [-0.39, 0.29) is 49.1 Å². The molecular weight excluding hydrogens is 755 g/mol. The highest BCUT2D eigenvalue weighted by Crippen LogP contribution is 2.14. The van der Waals surface area contributed by atoms with E-state index in [4.69, 9.17) is 29.8 Å². The van der Waals surface area contributed by atoms with Crippen molar-refractivity contribution in [3.63, 3.8) is 0 Å². The van der Waals surface area contributed by atoms with Crippen molar-refractivity contribution in [2.45, 2.75) is 43.9 Å². The fourth-order valence-corrected chi connectivity index (χ4v) is 4.35. The largest absolute Gasteiger partial charge is 0.490 e. The molecule has 0 fully saturated rings. The molecule has 308 valence electrons. The third-order valence-corrected chi connectivity index (χ3v) is 7.09. The Hall–Kier alpha value is -5.91. The molecule has 0 radical (unpaired) electrons. The number of carboxylic acids is 1. The summed E-state index contributed by atoms with van der Waals surface area (Å²) in [5, 5.41) is 30.5. The molecule has 4 amide bonds. The molecule has 0 aliphatic heterocycles. The Kier molecular flexibility index (Phi) is 20.2. The lowest BCUT2D eigenvalue weighted by atomic mass is 10.0. The molecule has 2 atom stereocenters. The van der Waals surface area contributed by atoms with Crippen molar-refractivity contribution in [1.82, 2.24) is 31.0 Å². The van der Waals surface area contributed by atoms with Gasteiger partial charge in [0.25, 0.3) is 11.8 Å². The Labute approximate surface area is 317 Å². The number of alkyl halides is 3. The number of carboxylic acid groups (broad SMARTS) is 1. The molecule has 1 aromatic carbocycles. The number of rotatable bonds is 22. The summed E-state index contributed by atoms with van der Waals surface area (Å²) in [4.78, 5) is 73.1. The molecule has 0 saturated heterocycles. The van der Waals surface area contributed by atoms with Crippen molar-refractivity contribution in [2.24, 2.45) is 5.73 Å². The van der Waals surface area contributed by atoms with Gasteiger partial charge in [0, 0.05) is 25.7 Å². The molecule has 9 N–H and O–H groups in total. The minimum atomic E-state index is -5.08. The predicted molar refractivity (Wildman–Crippen MR) is 189 cm³/mol. The average Bonchev–Trinajstić information content (AvgIpc) is 3.84. The summed E-state index contributed by atoms with van der Waals surface area (Å²) < 4.78 is 51.8. The number of aromatic nitrogens is 4. The van der Waals surface area contributed by atoms with Gasteiger partial charge in [-0.25, -0.2) is 9.59 Å². The molecule has 0 unspecified atom stereocenters. The first-order valence-electron chi connectivity index (χ1n) is 16.8. The first-order valence-corrected chi connectivity index (χ1v) is 16.8. The second kappa shape index (κ2) is 24.5. The molecule has 3 rings (SSSR count). The Morgan fingerprint density at radius 2 is 1.43 bits per heavy atom. The molecule has 0 aliphatic carbocycles. The van der Waals surface area contributed by atoms with Crippen LogP contribution < -0.4 is 27.0 Å². The number of benzene rings is 1. The van der Waals surface area contributed by atoms with Crippen molar-refractivity contribution in [2.75, 3.05) is 64.4 Å². The summed E-state index contributed by atoms with van der Waals surface area (Å²) in [6.07, 6.45) is -3.62. The molecular formula is C33H44F3N9O11. The highest BCUT2D eigenvalue weighted by molar-refractivity contribution is 6.00. The number of unbranched alkanes of at least 4 members (excludes halogenated alkanes) is 1. The molecule has 56 heavy (non-hydrogen) atoms. The molecule has 20 nitrogen and oxygen atoms in total. The van der Waals surface area contributed by atoms with Gasteiger partial charge < -0.3 is 51.1 Å². The van der Waals surface area contributed by atoms with Crippen LogP contribution >= 0.6 is 0 Å². The summed E-state index contributed by atoms with van der Waals surface area (Å²) in [6.45, 7) is 1.49. The number of nitrogens with one attached hydrogen (secondary N) is 6. The predicted octanol–water partition coefficient (Wildman–Crippen LogP) is 0.764. The van der Waals surface area contributed by atoms with Crippen LogP contribution in [0.1, 0.15) is 45.8 Å². The zero-order valence-corrected chi connectivity index (χ0v) is 30.4. The number of amides is 4. The quantitative estimate of drug-likeness (QED) is 0.0515. The number of aromatic amines is 2. The van der Waals surface area contributed by atoms with Crippen molar-refractivity contribution in [1.29, 1.82) is 0 Å². The van der Waals surface area contributed by atoms with E-state index in [0.29, 0.717) is 39.2 Å². The summed E-state index contributed by atoms with van der Waals surface area (Å²) in [5.41, 5.74) is 6.40. The number of anilines is 2. The molecule has 0 spiro atoms. The van der Waals surface area contributed by atoms with Gasteiger partial charge in [0.2, 0.25) is 11.8 Å². The third kappa shape index (κ3) is 17.5. The van der Waals surface area contributed by atoms with Gasteiger partial charge in [-0.2, -0.15) is 23.4 Å². The highest BCUT2D eigenvalue weighted by Gasteiger charge is 2.38.